The number of fused-ring (bicyclic) bond motifs is 1. The van der Waals surface area contributed by atoms with E-state index in [9.17, 15) is 9.59 Å². The van der Waals surface area contributed by atoms with Crippen LogP contribution in [-0.4, -0.2) is 61.3 Å². The highest BCUT2D eigenvalue weighted by atomic mass is 16.5. The first-order valence-electron chi connectivity index (χ1n) is 12.5. The van der Waals surface area contributed by atoms with Crippen LogP contribution in [0.1, 0.15) is 25.3 Å². The first kappa shape index (κ1) is 24.9. The van der Waals surface area contributed by atoms with Gasteiger partial charge in [-0.15, -0.1) is 0 Å². The molecule has 2 aromatic heterocycles. The highest BCUT2D eigenvalue weighted by molar-refractivity contribution is 5.99. The number of piperidine rings is 1. The standard InChI is InChI=1S/C28H28N6O4/c1-2-23(35)33-16-6-7-20(17-33)34-28-25(27(30-18-31-28)29-15-14-24(36)37)26(32-34)19-10-12-22(13-11-19)38-21-8-4-3-5-9-21/h2-5,8-13,18,20H,1,6-7,14-17H2,(H,36,37)(H,29,30,31)/t20-/m1/s1. The monoisotopic (exact) mass is 512 g/mol. The number of likely N-dealkylation sites (tertiary alicyclic amines) is 1. The fourth-order valence-corrected chi connectivity index (χ4v) is 4.64. The van der Waals surface area contributed by atoms with Crippen LogP contribution in [0.5, 0.6) is 11.5 Å². The van der Waals surface area contributed by atoms with Crippen molar-refractivity contribution in [1.82, 2.24) is 24.6 Å². The number of amides is 1. The Kier molecular flexibility index (Phi) is 7.30. The van der Waals surface area contributed by atoms with Crippen molar-refractivity contribution in [2.45, 2.75) is 25.3 Å². The molecule has 3 heterocycles. The van der Waals surface area contributed by atoms with Crippen LogP contribution in [0.15, 0.2) is 73.6 Å². The minimum absolute atomic E-state index is 0.0538. The second kappa shape index (κ2) is 11.1. The number of para-hydroxylation sites is 1. The van der Waals surface area contributed by atoms with Crippen molar-refractivity contribution in [2.75, 3.05) is 25.0 Å². The Morgan fingerprint density at radius 1 is 1.11 bits per heavy atom. The number of carboxylic acids is 1. The first-order chi connectivity index (χ1) is 18.5. The van der Waals surface area contributed by atoms with Crippen molar-refractivity contribution in [3.05, 3.63) is 73.6 Å². The fourth-order valence-electron chi connectivity index (χ4n) is 4.64. The van der Waals surface area contributed by atoms with E-state index in [-0.39, 0.29) is 24.9 Å². The van der Waals surface area contributed by atoms with Crippen LogP contribution in [0.2, 0.25) is 0 Å². The number of benzene rings is 2. The molecule has 194 valence electrons. The lowest BCUT2D eigenvalue weighted by molar-refractivity contribution is -0.136. The van der Waals surface area contributed by atoms with E-state index < -0.39 is 5.97 Å². The number of hydrogen-bond donors (Lipinski definition) is 2. The van der Waals surface area contributed by atoms with Gasteiger partial charge in [0.25, 0.3) is 0 Å². The Morgan fingerprint density at radius 3 is 2.61 bits per heavy atom. The number of hydrogen-bond acceptors (Lipinski definition) is 7. The molecule has 0 unspecified atom stereocenters. The van der Waals surface area contributed by atoms with Gasteiger partial charge < -0.3 is 20.1 Å². The van der Waals surface area contributed by atoms with E-state index in [0.717, 1.165) is 24.2 Å². The summed E-state index contributed by atoms with van der Waals surface area (Å²) in [7, 11) is 0. The number of carboxylic acid groups (broad SMARTS) is 1. The van der Waals surface area contributed by atoms with Gasteiger partial charge in [0.2, 0.25) is 5.91 Å². The molecule has 1 saturated heterocycles. The topological polar surface area (TPSA) is 122 Å². The van der Waals surface area contributed by atoms with Gasteiger partial charge in [-0.2, -0.15) is 5.10 Å². The third-order valence-corrected chi connectivity index (χ3v) is 6.46. The van der Waals surface area contributed by atoms with Crippen LogP contribution in [0.3, 0.4) is 0 Å². The summed E-state index contributed by atoms with van der Waals surface area (Å²) in [5.41, 5.74) is 2.12. The molecule has 10 nitrogen and oxygen atoms in total. The molecule has 1 amide bonds. The van der Waals surface area contributed by atoms with E-state index >= 15 is 0 Å². The normalized spacial score (nSPS) is 15.3. The van der Waals surface area contributed by atoms with Gasteiger partial charge in [0.05, 0.1) is 17.8 Å². The molecule has 0 spiro atoms. The van der Waals surface area contributed by atoms with Crippen molar-refractivity contribution >= 4 is 28.7 Å². The van der Waals surface area contributed by atoms with Gasteiger partial charge in [-0.25, -0.2) is 14.6 Å². The number of anilines is 1. The second-order valence-electron chi connectivity index (χ2n) is 9.01. The quantitative estimate of drug-likeness (QED) is 0.314. The number of aliphatic carboxylic acids is 1. The molecule has 2 N–H and O–H groups in total. The summed E-state index contributed by atoms with van der Waals surface area (Å²) >= 11 is 0. The lowest BCUT2D eigenvalue weighted by Crippen LogP contribution is -2.40. The van der Waals surface area contributed by atoms with Crippen molar-refractivity contribution < 1.29 is 19.4 Å². The Hall–Kier alpha value is -4.73. The number of nitrogens with zero attached hydrogens (tertiary/aromatic N) is 5. The Labute approximate surface area is 219 Å². The molecule has 0 saturated carbocycles. The lowest BCUT2D eigenvalue weighted by atomic mass is 10.1. The van der Waals surface area contributed by atoms with Crippen LogP contribution in [0.25, 0.3) is 22.3 Å². The lowest BCUT2D eigenvalue weighted by Gasteiger charge is -2.32. The highest BCUT2D eigenvalue weighted by Crippen LogP contribution is 2.35. The number of aromatic nitrogens is 4. The van der Waals surface area contributed by atoms with Crippen LogP contribution >= 0.6 is 0 Å². The molecule has 1 fully saturated rings. The largest absolute Gasteiger partial charge is 0.481 e. The summed E-state index contributed by atoms with van der Waals surface area (Å²) in [5.74, 6) is 0.930. The maximum Gasteiger partial charge on any atom is 0.305 e. The van der Waals surface area contributed by atoms with E-state index in [1.54, 1.807) is 4.90 Å². The fraction of sp³-hybridized carbons (Fsp3) is 0.250. The van der Waals surface area contributed by atoms with Crippen molar-refractivity contribution in [1.29, 1.82) is 0 Å². The van der Waals surface area contributed by atoms with Gasteiger partial charge in [-0.3, -0.25) is 9.59 Å². The van der Waals surface area contributed by atoms with Crippen molar-refractivity contribution in [2.24, 2.45) is 0 Å². The second-order valence-corrected chi connectivity index (χ2v) is 9.01. The van der Waals surface area contributed by atoms with Gasteiger partial charge in [0.15, 0.2) is 5.65 Å². The summed E-state index contributed by atoms with van der Waals surface area (Å²) in [4.78, 5) is 34.1. The zero-order valence-corrected chi connectivity index (χ0v) is 20.8. The maximum absolute atomic E-state index is 12.3. The molecule has 4 aromatic rings. The van der Waals surface area contributed by atoms with Gasteiger partial charge in [0.1, 0.15) is 29.3 Å². The molecule has 38 heavy (non-hydrogen) atoms. The average Bonchev–Trinajstić information content (AvgIpc) is 3.34. The third kappa shape index (κ3) is 5.34. The van der Waals surface area contributed by atoms with Gasteiger partial charge in [-0.1, -0.05) is 24.8 Å². The van der Waals surface area contributed by atoms with E-state index in [4.69, 9.17) is 14.9 Å². The molecular formula is C28H28N6O4. The number of carbonyl (C=O) groups excluding carboxylic acids is 1. The Bertz CT molecular complexity index is 1450. The summed E-state index contributed by atoms with van der Waals surface area (Å²) in [5, 5.41) is 17.9. The molecule has 1 atom stereocenters. The molecule has 1 aliphatic heterocycles. The van der Waals surface area contributed by atoms with E-state index in [1.807, 2.05) is 59.3 Å². The number of carbonyl (C=O) groups is 2. The van der Waals surface area contributed by atoms with Crippen LogP contribution in [0, 0.1) is 0 Å². The number of rotatable bonds is 9. The van der Waals surface area contributed by atoms with E-state index in [2.05, 4.69) is 21.9 Å². The number of ether oxygens (including phenoxy) is 1. The smallest absolute Gasteiger partial charge is 0.305 e. The van der Waals surface area contributed by atoms with E-state index in [1.165, 1.54) is 12.4 Å². The zero-order chi connectivity index (χ0) is 26.5. The predicted molar refractivity (Wildman–Crippen MR) is 143 cm³/mol. The third-order valence-electron chi connectivity index (χ3n) is 6.46. The molecule has 0 aliphatic carbocycles. The predicted octanol–water partition coefficient (Wildman–Crippen LogP) is 4.52. The first-order valence-corrected chi connectivity index (χ1v) is 12.5. The Balaban J connectivity index is 1.53. The van der Waals surface area contributed by atoms with Crippen LogP contribution in [0.4, 0.5) is 5.82 Å². The Morgan fingerprint density at radius 2 is 1.87 bits per heavy atom. The average molecular weight is 513 g/mol. The summed E-state index contributed by atoms with van der Waals surface area (Å²) in [6.45, 7) is 5.00. The SMILES string of the molecule is C=CC(=O)N1CCC[C@@H](n2nc(-c3ccc(Oc4ccccc4)cc3)c3c(NCCC(=O)O)ncnc32)C1. The maximum atomic E-state index is 12.3. The van der Waals surface area contributed by atoms with Gasteiger partial charge in [0, 0.05) is 25.2 Å². The molecule has 0 radical (unpaired) electrons. The zero-order valence-electron chi connectivity index (χ0n) is 20.8. The van der Waals surface area contributed by atoms with Crippen LogP contribution < -0.4 is 10.1 Å². The van der Waals surface area contributed by atoms with Crippen LogP contribution in [-0.2, 0) is 9.59 Å². The molecule has 1 aliphatic rings. The minimum Gasteiger partial charge on any atom is -0.481 e. The summed E-state index contributed by atoms with van der Waals surface area (Å²) < 4.78 is 7.80. The molecule has 0 bridgehead atoms. The molecule has 2 aromatic carbocycles. The number of nitrogens with one attached hydrogen (secondary N) is 1. The highest BCUT2D eigenvalue weighted by Gasteiger charge is 2.28. The summed E-state index contributed by atoms with van der Waals surface area (Å²) in [6.07, 6.45) is 4.40. The van der Waals surface area contributed by atoms with Gasteiger partial charge >= 0.3 is 5.97 Å². The van der Waals surface area contributed by atoms with E-state index in [0.29, 0.717) is 41.4 Å². The molecular weight excluding hydrogens is 484 g/mol. The minimum atomic E-state index is -0.901. The molecule has 10 heteroatoms. The van der Waals surface area contributed by atoms with Crippen molar-refractivity contribution in [3.63, 3.8) is 0 Å². The summed E-state index contributed by atoms with van der Waals surface area (Å²) in [6, 6.07) is 17.1. The van der Waals surface area contributed by atoms with Crippen molar-refractivity contribution in [3.8, 4) is 22.8 Å². The van der Waals surface area contributed by atoms with Gasteiger partial charge in [-0.05, 0) is 55.3 Å². The molecule has 5 rings (SSSR count).